The van der Waals surface area contributed by atoms with Crippen molar-refractivity contribution in [1.82, 2.24) is 4.89 Å². The number of nitrogens with zero attached hydrogens (tertiary/aromatic N) is 1. The second-order valence-corrected chi connectivity index (χ2v) is 5.86. The first-order valence-electron chi connectivity index (χ1n) is 5.99. The summed E-state index contributed by atoms with van der Waals surface area (Å²) in [4.78, 5) is 30.4. The van der Waals surface area contributed by atoms with Crippen LogP contribution in [-0.2, 0) is 24.4 Å². The van der Waals surface area contributed by atoms with Gasteiger partial charge >= 0.3 is 0 Å². The Hall–Kier alpha value is -1.97. The molecule has 1 aromatic carbocycles. The molecular formula is C12H14N2O6S. The largest absolute Gasteiger partial charge is 0.495 e. The highest BCUT2D eigenvalue weighted by Gasteiger charge is 2.32. The lowest BCUT2D eigenvalue weighted by Crippen LogP contribution is -2.29. The van der Waals surface area contributed by atoms with Gasteiger partial charge < -0.3 is 4.74 Å². The summed E-state index contributed by atoms with van der Waals surface area (Å²) in [6.07, 6.45) is 0.229. The third kappa shape index (κ3) is 2.89. The molecular weight excluding hydrogens is 300 g/mol. The van der Waals surface area contributed by atoms with E-state index in [4.69, 9.17) is 4.74 Å². The van der Waals surface area contributed by atoms with Gasteiger partial charge in [-0.15, -0.1) is 0 Å². The first-order chi connectivity index (χ1) is 9.90. The number of amides is 2. The number of imide groups is 1. The zero-order chi connectivity index (χ0) is 15.6. The summed E-state index contributed by atoms with van der Waals surface area (Å²) in [7, 11) is -1.52. The van der Waals surface area contributed by atoms with Gasteiger partial charge in [-0.25, -0.2) is 8.42 Å². The van der Waals surface area contributed by atoms with Crippen molar-refractivity contribution >= 4 is 27.5 Å². The van der Waals surface area contributed by atoms with Crippen molar-refractivity contribution in [1.29, 1.82) is 0 Å². The molecule has 0 atom stereocenters. The Morgan fingerprint density at radius 1 is 1.14 bits per heavy atom. The van der Waals surface area contributed by atoms with E-state index in [1.807, 2.05) is 4.89 Å². The number of methoxy groups -OCH3 is 1. The summed E-state index contributed by atoms with van der Waals surface area (Å²) < 4.78 is 29.1. The van der Waals surface area contributed by atoms with Crippen LogP contribution >= 0.6 is 0 Å². The van der Waals surface area contributed by atoms with E-state index in [9.17, 15) is 18.0 Å². The van der Waals surface area contributed by atoms with Gasteiger partial charge in [0.2, 0.25) is 11.8 Å². The summed E-state index contributed by atoms with van der Waals surface area (Å²) >= 11 is 0. The van der Waals surface area contributed by atoms with Crippen LogP contribution in [0.1, 0.15) is 12.8 Å². The highest BCUT2D eigenvalue weighted by molar-refractivity contribution is 7.89. The van der Waals surface area contributed by atoms with Crippen LogP contribution in [0.2, 0.25) is 0 Å². The standard InChI is InChI=1S/C12H14N2O6S/c1-19-9-4-3-8(14-11(15)5-6-12(14)16)7-10(9)21(17,18)13-20-2/h3-4,7,13H,5-6H2,1-2H3. The van der Waals surface area contributed by atoms with Gasteiger partial charge in [0, 0.05) is 12.8 Å². The van der Waals surface area contributed by atoms with Gasteiger partial charge in [-0.3, -0.25) is 19.3 Å². The molecule has 9 heteroatoms. The fraction of sp³-hybridized carbons (Fsp3) is 0.333. The predicted molar refractivity (Wildman–Crippen MR) is 72.1 cm³/mol. The molecule has 1 aliphatic heterocycles. The molecule has 0 spiro atoms. The third-order valence-corrected chi connectivity index (χ3v) is 4.22. The van der Waals surface area contributed by atoms with E-state index >= 15 is 0 Å². The predicted octanol–water partition coefficient (Wildman–Crippen LogP) is 0.188. The number of ether oxygens (including phenoxy) is 1. The number of carbonyl (C=O) groups excluding carboxylic acids is 2. The Labute approximate surface area is 121 Å². The van der Waals surface area contributed by atoms with Crippen LogP contribution in [0, 0.1) is 0 Å². The fourth-order valence-corrected chi connectivity index (χ4v) is 3.03. The number of sulfonamides is 1. The number of carbonyl (C=O) groups is 2. The Morgan fingerprint density at radius 2 is 1.76 bits per heavy atom. The highest BCUT2D eigenvalue weighted by atomic mass is 32.2. The first-order valence-corrected chi connectivity index (χ1v) is 7.47. The second kappa shape index (κ2) is 5.80. The summed E-state index contributed by atoms with van der Waals surface area (Å²) in [6.45, 7) is 0. The zero-order valence-electron chi connectivity index (χ0n) is 11.5. The molecule has 2 amide bonds. The molecule has 1 N–H and O–H groups in total. The molecule has 1 saturated heterocycles. The minimum Gasteiger partial charge on any atom is -0.495 e. The van der Waals surface area contributed by atoms with Gasteiger partial charge in [0.25, 0.3) is 10.0 Å². The van der Waals surface area contributed by atoms with E-state index in [1.165, 1.54) is 25.3 Å². The molecule has 21 heavy (non-hydrogen) atoms. The monoisotopic (exact) mass is 314 g/mol. The normalized spacial score (nSPS) is 15.6. The Morgan fingerprint density at radius 3 is 2.29 bits per heavy atom. The van der Waals surface area contributed by atoms with Crippen molar-refractivity contribution in [3.8, 4) is 5.75 Å². The topological polar surface area (TPSA) is 102 Å². The van der Waals surface area contributed by atoms with Crippen LogP contribution in [0.15, 0.2) is 23.1 Å². The summed E-state index contributed by atoms with van der Waals surface area (Å²) in [5, 5.41) is 0. The number of rotatable bonds is 5. The molecule has 8 nitrogen and oxygen atoms in total. The van der Waals surface area contributed by atoms with E-state index < -0.39 is 10.0 Å². The molecule has 1 aromatic rings. The Bertz CT molecular complexity index is 669. The average Bonchev–Trinajstić information content (AvgIpc) is 2.77. The summed E-state index contributed by atoms with van der Waals surface area (Å²) in [5.74, 6) is -0.663. The maximum Gasteiger partial charge on any atom is 0.266 e. The summed E-state index contributed by atoms with van der Waals surface area (Å²) in [5.41, 5.74) is 0.180. The molecule has 1 heterocycles. The van der Waals surface area contributed by atoms with Gasteiger partial charge in [0.05, 0.1) is 19.9 Å². The van der Waals surface area contributed by atoms with Crippen LogP contribution in [0.5, 0.6) is 5.75 Å². The Balaban J connectivity index is 2.53. The van der Waals surface area contributed by atoms with E-state index in [1.54, 1.807) is 0 Å². The number of nitrogens with one attached hydrogen (secondary N) is 1. The molecule has 0 unspecified atom stereocenters. The van der Waals surface area contributed by atoms with Crippen molar-refractivity contribution < 1.29 is 27.6 Å². The van der Waals surface area contributed by atoms with Gasteiger partial charge in [0.15, 0.2) is 0 Å². The van der Waals surface area contributed by atoms with Crippen LogP contribution in [0.25, 0.3) is 0 Å². The average molecular weight is 314 g/mol. The van der Waals surface area contributed by atoms with Crippen molar-refractivity contribution in [2.75, 3.05) is 19.1 Å². The molecule has 1 fully saturated rings. The SMILES string of the molecule is CONS(=O)(=O)c1cc(N2C(=O)CCC2=O)ccc1OC. The maximum absolute atomic E-state index is 12.0. The molecule has 0 aliphatic carbocycles. The van der Waals surface area contributed by atoms with Crippen LogP contribution in [-0.4, -0.2) is 34.5 Å². The lowest BCUT2D eigenvalue weighted by atomic mass is 10.2. The Kier molecular flexibility index (Phi) is 4.26. The molecule has 0 radical (unpaired) electrons. The minimum atomic E-state index is -3.99. The number of anilines is 1. The van der Waals surface area contributed by atoms with E-state index in [0.717, 1.165) is 12.0 Å². The van der Waals surface area contributed by atoms with Crippen LogP contribution in [0.3, 0.4) is 0 Å². The molecule has 2 rings (SSSR count). The number of hydrogen-bond acceptors (Lipinski definition) is 6. The molecule has 0 bridgehead atoms. The van der Waals surface area contributed by atoms with Crippen molar-refractivity contribution in [3.05, 3.63) is 18.2 Å². The van der Waals surface area contributed by atoms with Gasteiger partial charge in [0.1, 0.15) is 10.6 Å². The molecule has 1 aliphatic rings. The maximum atomic E-state index is 12.0. The first kappa shape index (κ1) is 15.4. The number of hydrogen-bond donors (Lipinski definition) is 1. The van der Waals surface area contributed by atoms with E-state index in [0.29, 0.717) is 0 Å². The van der Waals surface area contributed by atoms with Crippen molar-refractivity contribution in [2.24, 2.45) is 0 Å². The number of benzene rings is 1. The van der Waals surface area contributed by atoms with Crippen molar-refractivity contribution in [3.63, 3.8) is 0 Å². The zero-order valence-corrected chi connectivity index (χ0v) is 12.3. The van der Waals surface area contributed by atoms with E-state index in [-0.39, 0.29) is 41.0 Å². The lowest BCUT2D eigenvalue weighted by Gasteiger charge is -2.16. The minimum absolute atomic E-state index is 0.0717. The quantitative estimate of drug-likeness (QED) is 0.615. The third-order valence-electron chi connectivity index (χ3n) is 2.94. The lowest BCUT2D eigenvalue weighted by molar-refractivity contribution is -0.121. The fourth-order valence-electron chi connectivity index (χ4n) is 2.03. The van der Waals surface area contributed by atoms with Crippen LogP contribution < -0.4 is 14.5 Å². The van der Waals surface area contributed by atoms with Gasteiger partial charge in [-0.05, 0) is 18.2 Å². The van der Waals surface area contributed by atoms with Crippen molar-refractivity contribution in [2.45, 2.75) is 17.7 Å². The smallest absolute Gasteiger partial charge is 0.266 e. The second-order valence-electron chi connectivity index (χ2n) is 4.25. The van der Waals surface area contributed by atoms with E-state index in [2.05, 4.69) is 4.84 Å². The molecule has 0 aromatic heterocycles. The highest BCUT2D eigenvalue weighted by Crippen LogP contribution is 2.31. The van der Waals surface area contributed by atoms with Gasteiger partial charge in [-0.2, -0.15) is 0 Å². The molecule has 0 saturated carbocycles. The van der Waals surface area contributed by atoms with Gasteiger partial charge in [-0.1, -0.05) is 4.89 Å². The molecule has 114 valence electrons. The van der Waals surface area contributed by atoms with Crippen LogP contribution in [0.4, 0.5) is 5.69 Å². The summed E-state index contributed by atoms with van der Waals surface area (Å²) in [6, 6.07) is 4.02.